The van der Waals surface area contributed by atoms with Crippen LogP contribution in [0.2, 0.25) is 0 Å². The summed E-state index contributed by atoms with van der Waals surface area (Å²) in [5.41, 5.74) is 3.47. The summed E-state index contributed by atoms with van der Waals surface area (Å²) in [5.74, 6) is -3.01. The van der Waals surface area contributed by atoms with Crippen LogP contribution < -0.4 is 5.32 Å². The van der Waals surface area contributed by atoms with Crippen LogP contribution in [-0.2, 0) is 20.0 Å². The van der Waals surface area contributed by atoms with Gasteiger partial charge in [0.15, 0.2) is 5.60 Å². The van der Waals surface area contributed by atoms with Crippen LogP contribution in [0, 0.1) is 23.7 Å². The number of amides is 3. The van der Waals surface area contributed by atoms with Crippen LogP contribution in [0.5, 0.6) is 0 Å². The molecule has 4 aromatic rings. The molecule has 55 heavy (non-hydrogen) atoms. The third-order valence-corrected chi connectivity index (χ3v) is 11.7. The van der Waals surface area contributed by atoms with Gasteiger partial charge in [0.25, 0.3) is 0 Å². The Morgan fingerprint density at radius 3 is 2.02 bits per heavy atom. The summed E-state index contributed by atoms with van der Waals surface area (Å²) in [4.78, 5) is 52.6. The van der Waals surface area contributed by atoms with Gasteiger partial charge in [-0.25, -0.2) is 0 Å². The highest BCUT2D eigenvalue weighted by Crippen LogP contribution is 2.64. The molecule has 8 nitrogen and oxygen atoms in total. The molecule has 2 aromatic heterocycles. The number of hydrogen-bond donors (Lipinski definition) is 2. The SMILES string of the molecule is CCCCCCCCCCCC(=O)NCCN1C(=O)[C@@H]2[C@@H]3C(C(O)(c4ccccc4)c4ccccn4)=C[C@@H](C3=C(c3ccccc3)c3ccccn3)[C@@H]2C1=O. The minimum atomic E-state index is -1.68. The van der Waals surface area contributed by atoms with E-state index in [1.165, 1.54) is 43.4 Å². The normalized spacial score (nSPS) is 22.0. The van der Waals surface area contributed by atoms with Crippen molar-refractivity contribution in [3.8, 4) is 0 Å². The summed E-state index contributed by atoms with van der Waals surface area (Å²) >= 11 is 0. The van der Waals surface area contributed by atoms with Gasteiger partial charge in [0.1, 0.15) is 0 Å². The highest BCUT2D eigenvalue weighted by molar-refractivity contribution is 6.08. The van der Waals surface area contributed by atoms with Crippen molar-refractivity contribution in [1.29, 1.82) is 0 Å². The maximum atomic E-state index is 14.6. The molecule has 0 spiro atoms. The molecule has 8 heteroatoms. The van der Waals surface area contributed by atoms with E-state index >= 15 is 0 Å². The van der Waals surface area contributed by atoms with Gasteiger partial charge in [0, 0.05) is 49.3 Å². The van der Waals surface area contributed by atoms with Crippen LogP contribution in [0.1, 0.15) is 93.6 Å². The maximum Gasteiger partial charge on any atom is 0.234 e. The molecule has 7 rings (SSSR count). The smallest absolute Gasteiger partial charge is 0.234 e. The molecule has 5 atom stereocenters. The number of imide groups is 1. The first-order chi connectivity index (χ1) is 26.9. The summed E-state index contributed by atoms with van der Waals surface area (Å²) in [6.45, 7) is 2.54. The van der Waals surface area contributed by atoms with Gasteiger partial charge in [-0.3, -0.25) is 29.3 Å². The summed E-state index contributed by atoms with van der Waals surface area (Å²) in [6, 6.07) is 30.6. The third-order valence-electron chi connectivity index (χ3n) is 11.7. The van der Waals surface area contributed by atoms with Crippen molar-refractivity contribution in [2.24, 2.45) is 23.7 Å². The number of aromatic nitrogens is 2. The fraction of sp³-hybridized carbons (Fsp3) is 0.383. The predicted octanol–water partition coefficient (Wildman–Crippen LogP) is 8.04. The van der Waals surface area contributed by atoms with Crippen LogP contribution in [0.3, 0.4) is 0 Å². The number of likely N-dealkylation sites (tertiary alicyclic amines) is 1. The fourth-order valence-corrected chi connectivity index (χ4v) is 9.12. The second-order valence-electron chi connectivity index (χ2n) is 15.1. The number of aliphatic hydroxyl groups is 1. The number of nitrogens with one attached hydrogen (secondary N) is 1. The maximum absolute atomic E-state index is 14.6. The molecule has 2 fully saturated rings. The number of carbonyl (C=O) groups excluding carboxylic acids is 3. The van der Waals surface area contributed by atoms with Gasteiger partial charge in [-0.05, 0) is 53.0 Å². The van der Waals surface area contributed by atoms with E-state index in [0.717, 1.165) is 41.7 Å². The van der Waals surface area contributed by atoms with Gasteiger partial charge in [-0.15, -0.1) is 0 Å². The standard InChI is InChI=1S/C47H52N4O4/c1-2-3-4-5-6-7-8-9-16-27-39(52)50-30-31-51-45(53)42-35-32-36(47(55,34-23-14-11-15-24-34)38-26-18-20-29-49-38)43(44(42)46(51)54)41(35)40(33-21-12-10-13-22-33)37-25-17-19-28-48-37/h10-15,17-26,28-29,32,35,42-44,55H,2-9,16,27,30-31H2,1H3,(H,50,52)/t35-,42-,43+,44-,47?/m0/s1. The summed E-state index contributed by atoms with van der Waals surface area (Å²) < 4.78 is 0. The summed E-state index contributed by atoms with van der Waals surface area (Å²) in [5, 5.41) is 16.1. The average molecular weight is 737 g/mol. The summed E-state index contributed by atoms with van der Waals surface area (Å²) in [6.07, 6.45) is 16.5. The van der Waals surface area contributed by atoms with E-state index in [1.54, 1.807) is 12.4 Å². The number of rotatable bonds is 18. The highest BCUT2D eigenvalue weighted by Gasteiger charge is 2.66. The Bertz CT molecular complexity index is 1920. The Hall–Kier alpha value is -5.21. The number of benzene rings is 2. The molecular formula is C47H52N4O4. The molecule has 1 unspecified atom stereocenters. The van der Waals surface area contributed by atoms with E-state index in [1.807, 2.05) is 103 Å². The second kappa shape index (κ2) is 17.5. The number of unbranched alkanes of at least 4 members (excludes halogenated alkanes) is 8. The molecule has 3 heterocycles. The van der Waals surface area contributed by atoms with Gasteiger partial charge in [-0.2, -0.15) is 0 Å². The zero-order valence-corrected chi connectivity index (χ0v) is 31.8. The van der Waals surface area contributed by atoms with Crippen molar-refractivity contribution in [3.63, 3.8) is 0 Å². The number of fused-ring (bicyclic) bond motifs is 5. The van der Waals surface area contributed by atoms with Gasteiger partial charge in [-0.1, -0.05) is 137 Å². The summed E-state index contributed by atoms with van der Waals surface area (Å²) in [7, 11) is 0. The van der Waals surface area contributed by atoms with Crippen molar-refractivity contribution in [3.05, 3.63) is 149 Å². The Kier molecular flexibility index (Phi) is 12.1. The van der Waals surface area contributed by atoms with E-state index in [0.29, 0.717) is 23.3 Å². The first kappa shape index (κ1) is 38.1. The number of allylic oxidation sites excluding steroid dienone is 2. The van der Waals surface area contributed by atoms with Gasteiger partial charge in [0.05, 0.1) is 23.2 Å². The lowest BCUT2D eigenvalue weighted by molar-refractivity contribution is -0.140. The Morgan fingerprint density at radius 2 is 1.36 bits per heavy atom. The third kappa shape index (κ3) is 7.70. The van der Waals surface area contributed by atoms with E-state index in [4.69, 9.17) is 4.98 Å². The molecule has 1 aliphatic heterocycles. The molecular weight excluding hydrogens is 685 g/mol. The zero-order valence-electron chi connectivity index (χ0n) is 31.8. The quantitative estimate of drug-likeness (QED) is 0.0608. The molecule has 3 aliphatic rings. The fourth-order valence-electron chi connectivity index (χ4n) is 9.12. The van der Waals surface area contributed by atoms with E-state index < -0.39 is 29.3 Å². The van der Waals surface area contributed by atoms with Crippen molar-refractivity contribution in [2.75, 3.05) is 13.1 Å². The van der Waals surface area contributed by atoms with Crippen molar-refractivity contribution >= 4 is 23.3 Å². The minimum absolute atomic E-state index is 0.0531. The number of carbonyl (C=O) groups is 3. The van der Waals surface area contributed by atoms with Crippen LogP contribution >= 0.6 is 0 Å². The lowest BCUT2D eigenvalue weighted by atomic mass is 9.71. The van der Waals surface area contributed by atoms with Gasteiger partial charge < -0.3 is 10.4 Å². The Balaban J connectivity index is 1.16. The topological polar surface area (TPSA) is 112 Å². The van der Waals surface area contributed by atoms with Gasteiger partial charge >= 0.3 is 0 Å². The molecule has 2 aromatic carbocycles. The lowest BCUT2D eigenvalue weighted by Crippen LogP contribution is -2.40. The van der Waals surface area contributed by atoms with Crippen LogP contribution in [0.4, 0.5) is 0 Å². The minimum Gasteiger partial charge on any atom is -0.375 e. The lowest BCUT2D eigenvalue weighted by Gasteiger charge is -2.36. The predicted molar refractivity (Wildman–Crippen MR) is 214 cm³/mol. The van der Waals surface area contributed by atoms with Gasteiger partial charge in [0.2, 0.25) is 17.7 Å². The molecule has 1 saturated carbocycles. The molecule has 284 valence electrons. The number of hydrogen-bond acceptors (Lipinski definition) is 6. The molecule has 2 N–H and O–H groups in total. The monoisotopic (exact) mass is 736 g/mol. The molecule has 1 saturated heterocycles. The first-order valence-corrected chi connectivity index (χ1v) is 20.2. The van der Waals surface area contributed by atoms with E-state index in [2.05, 4.69) is 17.2 Å². The largest absolute Gasteiger partial charge is 0.375 e. The zero-order chi connectivity index (χ0) is 38.2. The Morgan fingerprint density at radius 1 is 0.745 bits per heavy atom. The molecule has 3 amide bonds. The van der Waals surface area contributed by atoms with E-state index in [9.17, 15) is 19.5 Å². The van der Waals surface area contributed by atoms with Crippen LogP contribution in [-0.4, -0.2) is 50.8 Å². The number of nitrogens with zero attached hydrogens (tertiary/aromatic N) is 3. The molecule has 2 aliphatic carbocycles. The molecule has 0 radical (unpaired) electrons. The van der Waals surface area contributed by atoms with Crippen LogP contribution in [0.15, 0.2) is 127 Å². The molecule has 2 bridgehead atoms. The second-order valence-corrected chi connectivity index (χ2v) is 15.1. The first-order valence-electron chi connectivity index (χ1n) is 20.2. The van der Waals surface area contributed by atoms with Crippen molar-refractivity contribution < 1.29 is 19.5 Å². The van der Waals surface area contributed by atoms with Crippen molar-refractivity contribution in [1.82, 2.24) is 20.2 Å². The number of pyridine rings is 2. The Labute approximate surface area is 324 Å². The van der Waals surface area contributed by atoms with Crippen molar-refractivity contribution in [2.45, 2.75) is 76.7 Å². The van der Waals surface area contributed by atoms with E-state index in [-0.39, 0.29) is 30.8 Å². The van der Waals surface area contributed by atoms with Crippen LogP contribution in [0.25, 0.3) is 5.57 Å². The highest BCUT2D eigenvalue weighted by atomic mass is 16.3. The average Bonchev–Trinajstić information content (AvgIpc) is 3.84.